The molecule has 0 atom stereocenters. The van der Waals surface area contributed by atoms with Gasteiger partial charge >= 0.3 is 0 Å². The highest BCUT2D eigenvalue weighted by atomic mass is 16.6. The summed E-state index contributed by atoms with van der Waals surface area (Å²) in [5.74, 6) is 1.61. The molecular formula is C23H27NO3. The number of fused-ring (bicyclic) bond motifs is 1. The van der Waals surface area contributed by atoms with Crippen molar-refractivity contribution in [2.75, 3.05) is 19.8 Å². The van der Waals surface area contributed by atoms with Crippen LogP contribution in [-0.4, -0.2) is 25.7 Å². The van der Waals surface area contributed by atoms with Crippen molar-refractivity contribution >= 4 is 5.91 Å². The average Bonchev–Trinajstić information content (AvgIpc) is 3.46. The number of hydrogen-bond acceptors (Lipinski definition) is 3. The van der Waals surface area contributed by atoms with Crippen LogP contribution in [-0.2, 0) is 10.8 Å². The molecule has 1 amide bonds. The first kappa shape index (κ1) is 17.9. The van der Waals surface area contributed by atoms with Crippen molar-refractivity contribution < 1.29 is 14.3 Å². The zero-order valence-corrected chi connectivity index (χ0v) is 16.3. The first-order valence-electron chi connectivity index (χ1n) is 9.66. The summed E-state index contributed by atoms with van der Waals surface area (Å²) in [5.41, 5.74) is 3.27. The molecule has 4 rings (SSSR count). The zero-order valence-electron chi connectivity index (χ0n) is 16.3. The fraction of sp³-hybridized carbons (Fsp3) is 0.435. The lowest BCUT2D eigenvalue weighted by Gasteiger charge is -2.22. The molecule has 1 saturated carbocycles. The first-order valence-corrected chi connectivity index (χ1v) is 9.66. The van der Waals surface area contributed by atoms with Crippen molar-refractivity contribution in [1.82, 2.24) is 5.32 Å². The van der Waals surface area contributed by atoms with Crippen molar-refractivity contribution in [3.8, 4) is 11.5 Å². The Balaban J connectivity index is 1.43. The molecule has 1 aliphatic carbocycles. The van der Waals surface area contributed by atoms with Gasteiger partial charge in [-0.2, -0.15) is 0 Å². The molecule has 0 bridgehead atoms. The highest BCUT2D eigenvalue weighted by Crippen LogP contribution is 2.49. The minimum Gasteiger partial charge on any atom is -0.486 e. The fourth-order valence-corrected chi connectivity index (χ4v) is 3.56. The molecule has 4 nitrogen and oxygen atoms in total. The van der Waals surface area contributed by atoms with E-state index < -0.39 is 0 Å². The van der Waals surface area contributed by atoms with Gasteiger partial charge in [-0.1, -0.05) is 39.0 Å². The minimum absolute atomic E-state index is 0.0146. The molecule has 142 valence electrons. The summed E-state index contributed by atoms with van der Waals surface area (Å²) in [6.45, 7) is 8.35. The third-order valence-electron chi connectivity index (χ3n) is 5.61. The van der Waals surface area contributed by atoms with E-state index in [1.165, 1.54) is 11.1 Å². The number of nitrogens with one attached hydrogen (secondary N) is 1. The lowest BCUT2D eigenvalue weighted by Crippen LogP contribution is -2.32. The van der Waals surface area contributed by atoms with Gasteiger partial charge in [0.1, 0.15) is 13.2 Å². The summed E-state index contributed by atoms with van der Waals surface area (Å²) in [4.78, 5) is 12.6. The Labute approximate surface area is 160 Å². The van der Waals surface area contributed by atoms with Crippen molar-refractivity contribution in [3.63, 3.8) is 0 Å². The van der Waals surface area contributed by atoms with Gasteiger partial charge in [0.25, 0.3) is 5.91 Å². The normalized spacial score (nSPS) is 17.3. The van der Waals surface area contributed by atoms with Crippen LogP contribution in [0.25, 0.3) is 0 Å². The van der Waals surface area contributed by atoms with Gasteiger partial charge in [0, 0.05) is 17.5 Å². The van der Waals surface area contributed by atoms with Crippen LogP contribution in [0, 0.1) is 0 Å². The second-order valence-electron chi connectivity index (χ2n) is 8.65. The van der Waals surface area contributed by atoms with Crippen LogP contribution in [0.4, 0.5) is 0 Å². The number of carbonyl (C=O) groups is 1. The second kappa shape index (κ2) is 6.59. The summed E-state index contributed by atoms with van der Waals surface area (Å²) in [7, 11) is 0. The van der Waals surface area contributed by atoms with Crippen molar-refractivity contribution in [3.05, 3.63) is 59.2 Å². The van der Waals surface area contributed by atoms with Crippen LogP contribution in [0.5, 0.6) is 11.5 Å². The van der Waals surface area contributed by atoms with Gasteiger partial charge < -0.3 is 14.8 Å². The van der Waals surface area contributed by atoms with Gasteiger partial charge in [-0.25, -0.2) is 0 Å². The third kappa shape index (κ3) is 3.66. The Morgan fingerprint density at radius 1 is 1.00 bits per heavy atom. The minimum atomic E-state index is -0.0146. The Hall–Kier alpha value is -2.49. The maximum atomic E-state index is 12.6. The smallest absolute Gasteiger partial charge is 0.251 e. The number of amides is 1. The molecule has 4 heteroatoms. The van der Waals surface area contributed by atoms with Crippen molar-refractivity contribution in [1.29, 1.82) is 0 Å². The Morgan fingerprint density at radius 3 is 2.30 bits per heavy atom. The number of hydrogen-bond donors (Lipinski definition) is 1. The molecule has 0 radical (unpaired) electrons. The van der Waals surface area contributed by atoms with E-state index in [1.807, 2.05) is 30.3 Å². The lowest BCUT2D eigenvalue weighted by atomic mass is 9.86. The van der Waals surface area contributed by atoms with Crippen molar-refractivity contribution in [2.45, 2.75) is 44.4 Å². The van der Waals surface area contributed by atoms with E-state index in [2.05, 4.69) is 38.2 Å². The van der Waals surface area contributed by atoms with E-state index in [4.69, 9.17) is 9.47 Å². The summed E-state index contributed by atoms with van der Waals surface area (Å²) in [6, 6.07) is 14.1. The van der Waals surface area contributed by atoms with Gasteiger partial charge in [0.2, 0.25) is 0 Å². The summed E-state index contributed by atoms with van der Waals surface area (Å²) < 4.78 is 11.3. The van der Waals surface area contributed by atoms with Gasteiger partial charge in [-0.05, 0) is 53.6 Å². The van der Waals surface area contributed by atoms with Gasteiger partial charge in [0.05, 0.1) is 0 Å². The zero-order chi connectivity index (χ0) is 19.1. The third-order valence-corrected chi connectivity index (χ3v) is 5.61. The Kier molecular flexibility index (Phi) is 4.37. The Bertz CT molecular complexity index is 845. The molecule has 0 aromatic heterocycles. The van der Waals surface area contributed by atoms with Crippen LogP contribution < -0.4 is 14.8 Å². The van der Waals surface area contributed by atoms with E-state index in [1.54, 1.807) is 0 Å². The van der Waals surface area contributed by atoms with Crippen LogP contribution in [0.15, 0.2) is 42.5 Å². The molecule has 1 aliphatic heterocycles. The molecule has 1 fully saturated rings. The fourth-order valence-electron chi connectivity index (χ4n) is 3.56. The second-order valence-corrected chi connectivity index (χ2v) is 8.65. The maximum absolute atomic E-state index is 12.6. The summed E-state index contributed by atoms with van der Waals surface area (Å²) in [5, 5.41) is 3.13. The summed E-state index contributed by atoms with van der Waals surface area (Å²) in [6.07, 6.45) is 2.16. The maximum Gasteiger partial charge on any atom is 0.251 e. The van der Waals surface area contributed by atoms with E-state index in [0.29, 0.717) is 25.3 Å². The SMILES string of the molecule is CC(C)(C)c1ccc(C(=O)NCC2(c3ccc4c(c3)OCCO4)CC2)cc1. The van der Waals surface area contributed by atoms with Gasteiger partial charge in [0.15, 0.2) is 11.5 Å². The standard InChI is InChI=1S/C23H27NO3/c1-22(2,3)17-6-4-16(5-7-17)21(25)24-15-23(10-11-23)18-8-9-19-20(14-18)27-13-12-26-19/h4-9,14H,10-13,15H2,1-3H3,(H,24,25). The molecule has 27 heavy (non-hydrogen) atoms. The molecule has 1 N–H and O–H groups in total. The monoisotopic (exact) mass is 365 g/mol. The number of ether oxygens (including phenoxy) is 2. The van der Waals surface area contributed by atoms with E-state index in [0.717, 1.165) is 24.3 Å². The van der Waals surface area contributed by atoms with Gasteiger partial charge in [-0.3, -0.25) is 4.79 Å². The van der Waals surface area contributed by atoms with Gasteiger partial charge in [-0.15, -0.1) is 0 Å². The number of carbonyl (C=O) groups excluding carboxylic acids is 1. The van der Waals surface area contributed by atoms with Crippen LogP contribution in [0.2, 0.25) is 0 Å². The molecular weight excluding hydrogens is 338 g/mol. The largest absolute Gasteiger partial charge is 0.486 e. The number of benzene rings is 2. The van der Waals surface area contributed by atoms with E-state index >= 15 is 0 Å². The Morgan fingerprint density at radius 2 is 1.67 bits per heavy atom. The molecule has 0 saturated heterocycles. The van der Waals surface area contributed by atoms with Crippen LogP contribution in [0.3, 0.4) is 0 Å². The van der Waals surface area contributed by atoms with Crippen LogP contribution in [0.1, 0.15) is 55.1 Å². The quantitative estimate of drug-likeness (QED) is 0.883. The number of rotatable bonds is 4. The highest BCUT2D eigenvalue weighted by Gasteiger charge is 2.45. The molecule has 2 aromatic carbocycles. The van der Waals surface area contributed by atoms with Crippen LogP contribution >= 0.6 is 0 Å². The molecule has 1 heterocycles. The molecule has 2 aliphatic rings. The highest BCUT2D eigenvalue weighted by molar-refractivity contribution is 5.94. The topological polar surface area (TPSA) is 47.6 Å². The molecule has 0 spiro atoms. The molecule has 2 aromatic rings. The lowest BCUT2D eigenvalue weighted by molar-refractivity contribution is 0.0949. The van der Waals surface area contributed by atoms with E-state index in [9.17, 15) is 4.79 Å². The predicted molar refractivity (Wildman–Crippen MR) is 106 cm³/mol. The van der Waals surface area contributed by atoms with E-state index in [-0.39, 0.29) is 16.7 Å². The molecule has 0 unspecified atom stereocenters. The average molecular weight is 365 g/mol. The predicted octanol–water partition coefficient (Wildman–Crippen LogP) is 4.22. The van der Waals surface area contributed by atoms with Crippen molar-refractivity contribution in [2.24, 2.45) is 0 Å². The first-order chi connectivity index (χ1) is 12.9. The summed E-state index contributed by atoms with van der Waals surface area (Å²) >= 11 is 0.